The van der Waals surface area contributed by atoms with Crippen molar-refractivity contribution < 1.29 is 28.2 Å². The molecule has 3 amide bonds. The molecule has 0 aliphatic carbocycles. The first kappa shape index (κ1) is 23.9. The second-order valence-electron chi connectivity index (χ2n) is 8.09. The van der Waals surface area contributed by atoms with E-state index in [1.807, 2.05) is 24.3 Å². The largest absolute Gasteiger partial charge is 0.497 e. The monoisotopic (exact) mass is 476 g/mol. The van der Waals surface area contributed by atoms with Crippen LogP contribution in [0.2, 0.25) is 0 Å². The number of anilines is 1. The molecule has 0 N–H and O–H groups in total. The lowest BCUT2D eigenvalue weighted by Gasteiger charge is -2.28. The number of rotatable bonds is 8. The molecule has 8 heteroatoms. The smallest absolute Gasteiger partial charge is 0.257 e. The van der Waals surface area contributed by atoms with Gasteiger partial charge in [-0.2, -0.15) is 0 Å². The molecule has 1 aliphatic rings. The van der Waals surface area contributed by atoms with Gasteiger partial charge >= 0.3 is 0 Å². The Kier molecular flexibility index (Phi) is 7.10. The van der Waals surface area contributed by atoms with Gasteiger partial charge in [-0.25, -0.2) is 9.29 Å². The van der Waals surface area contributed by atoms with E-state index in [1.165, 1.54) is 30.2 Å². The third-order valence-corrected chi connectivity index (χ3v) is 5.96. The van der Waals surface area contributed by atoms with Gasteiger partial charge in [0.15, 0.2) is 0 Å². The van der Waals surface area contributed by atoms with E-state index in [2.05, 4.69) is 0 Å². The minimum Gasteiger partial charge on any atom is -0.497 e. The summed E-state index contributed by atoms with van der Waals surface area (Å²) in [6.45, 7) is 0.168. The highest BCUT2D eigenvalue weighted by Crippen LogP contribution is 2.28. The number of methoxy groups -OCH3 is 2. The second kappa shape index (κ2) is 10.4. The van der Waals surface area contributed by atoms with Gasteiger partial charge in [0.25, 0.3) is 11.8 Å². The minimum absolute atomic E-state index is 0.114. The van der Waals surface area contributed by atoms with E-state index in [4.69, 9.17) is 9.47 Å². The molecule has 35 heavy (non-hydrogen) atoms. The number of imide groups is 1. The van der Waals surface area contributed by atoms with Crippen molar-refractivity contribution >= 4 is 23.4 Å². The van der Waals surface area contributed by atoms with Gasteiger partial charge < -0.3 is 14.4 Å². The van der Waals surface area contributed by atoms with Gasteiger partial charge in [0.1, 0.15) is 23.4 Å². The van der Waals surface area contributed by atoms with Gasteiger partial charge in [-0.1, -0.05) is 18.2 Å². The van der Waals surface area contributed by atoms with Crippen LogP contribution in [-0.2, 0) is 16.0 Å². The number of amides is 3. The summed E-state index contributed by atoms with van der Waals surface area (Å²) in [6.07, 6.45) is 0.278. The maximum absolute atomic E-state index is 13.9. The third kappa shape index (κ3) is 5.16. The van der Waals surface area contributed by atoms with Crippen LogP contribution >= 0.6 is 0 Å². The van der Waals surface area contributed by atoms with Crippen LogP contribution in [0.5, 0.6) is 11.5 Å². The van der Waals surface area contributed by atoms with Gasteiger partial charge in [-0.3, -0.25) is 14.4 Å². The zero-order valence-corrected chi connectivity index (χ0v) is 19.4. The van der Waals surface area contributed by atoms with Crippen LogP contribution < -0.4 is 14.4 Å². The molecule has 0 aromatic heterocycles. The number of hydrogen-bond donors (Lipinski definition) is 0. The summed E-state index contributed by atoms with van der Waals surface area (Å²) < 4.78 is 24.2. The molecule has 0 unspecified atom stereocenters. The molecule has 7 nitrogen and oxygen atoms in total. The Balaban J connectivity index is 1.61. The van der Waals surface area contributed by atoms with E-state index in [-0.39, 0.29) is 18.5 Å². The molecule has 4 rings (SSSR count). The Morgan fingerprint density at radius 1 is 0.971 bits per heavy atom. The summed E-state index contributed by atoms with van der Waals surface area (Å²) in [7, 11) is 3.10. The van der Waals surface area contributed by atoms with Gasteiger partial charge in [0.2, 0.25) is 5.91 Å². The highest BCUT2D eigenvalue weighted by Gasteiger charge is 2.44. The normalized spacial score (nSPS) is 15.3. The highest BCUT2D eigenvalue weighted by molar-refractivity contribution is 6.23. The maximum atomic E-state index is 13.9. The average molecular weight is 477 g/mol. The quantitative estimate of drug-likeness (QED) is 0.462. The van der Waals surface area contributed by atoms with Crippen molar-refractivity contribution in [2.45, 2.75) is 18.9 Å². The first-order valence-corrected chi connectivity index (χ1v) is 11.1. The molecule has 180 valence electrons. The molecule has 3 aromatic carbocycles. The predicted molar refractivity (Wildman–Crippen MR) is 128 cm³/mol. The Hall–Kier alpha value is -4.20. The third-order valence-electron chi connectivity index (χ3n) is 5.96. The molecule has 0 radical (unpaired) electrons. The van der Waals surface area contributed by atoms with Crippen LogP contribution in [0.3, 0.4) is 0 Å². The molecule has 0 saturated carbocycles. The summed E-state index contributed by atoms with van der Waals surface area (Å²) in [4.78, 5) is 42.1. The first-order chi connectivity index (χ1) is 16.9. The molecule has 1 atom stereocenters. The second-order valence-corrected chi connectivity index (χ2v) is 8.09. The van der Waals surface area contributed by atoms with Crippen LogP contribution in [0.15, 0.2) is 72.8 Å². The fourth-order valence-electron chi connectivity index (χ4n) is 4.09. The molecule has 1 aliphatic heterocycles. The number of carbonyl (C=O) groups is 3. The number of benzene rings is 3. The molecular formula is C27H25FN2O5. The number of nitrogens with zero attached hydrogens (tertiary/aromatic N) is 2. The van der Waals surface area contributed by atoms with Crippen molar-refractivity contribution in [1.29, 1.82) is 0 Å². The van der Waals surface area contributed by atoms with Crippen molar-refractivity contribution in [2.24, 2.45) is 0 Å². The number of hydrogen-bond acceptors (Lipinski definition) is 5. The van der Waals surface area contributed by atoms with Gasteiger partial charge in [0, 0.05) is 12.1 Å². The van der Waals surface area contributed by atoms with Gasteiger partial charge in [0.05, 0.1) is 26.3 Å². The van der Waals surface area contributed by atoms with Gasteiger partial charge in [-0.05, 0) is 66.6 Å². The summed E-state index contributed by atoms with van der Waals surface area (Å²) >= 11 is 0. The SMILES string of the molecule is COc1ccc(CCN(C(=O)c2cccc(F)c2)[C@@H]2CC(=O)N(c3ccc(OC)cc3)C2=O)cc1. The summed E-state index contributed by atoms with van der Waals surface area (Å²) in [5, 5.41) is 0. The minimum atomic E-state index is -1.00. The van der Waals surface area contributed by atoms with E-state index in [0.717, 1.165) is 16.5 Å². The van der Waals surface area contributed by atoms with E-state index in [1.54, 1.807) is 31.4 Å². The van der Waals surface area contributed by atoms with Crippen LogP contribution in [-0.4, -0.2) is 49.4 Å². The summed E-state index contributed by atoms with van der Waals surface area (Å²) in [5.41, 5.74) is 1.44. The highest BCUT2D eigenvalue weighted by atomic mass is 19.1. The number of halogens is 1. The Morgan fingerprint density at radius 2 is 1.60 bits per heavy atom. The lowest BCUT2D eigenvalue weighted by Crippen LogP contribution is -2.46. The van der Waals surface area contributed by atoms with E-state index in [0.29, 0.717) is 23.6 Å². The fraction of sp³-hybridized carbons (Fsp3) is 0.222. The first-order valence-electron chi connectivity index (χ1n) is 11.1. The van der Waals surface area contributed by atoms with Gasteiger partial charge in [-0.15, -0.1) is 0 Å². The maximum Gasteiger partial charge on any atom is 0.257 e. The fourth-order valence-corrected chi connectivity index (χ4v) is 4.09. The molecule has 3 aromatic rings. The van der Waals surface area contributed by atoms with Crippen molar-refractivity contribution in [3.63, 3.8) is 0 Å². The zero-order chi connectivity index (χ0) is 24.9. The average Bonchev–Trinajstić information content (AvgIpc) is 3.17. The molecule has 1 fully saturated rings. The number of ether oxygens (including phenoxy) is 2. The molecule has 0 bridgehead atoms. The molecule has 0 spiro atoms. The Labute approximate surface area is 202 Å². The Bertz CT molecular complexity index is 1230. The Morgan fingerprint density at radius 3 is 2.20 bits per heavy atom. The summed E-state index contributed by atoms with van der Waals surface area (Å²) in [6, 6.07) is 18.2. The van der Waals surface area contributed by atoms with Crippen molar-refractivity contribution in [1.82, 2.24) is 4.90 Å². The predicted octanol–water partition coefficient (Wildman–Crippen LogP) is 3.86. The van der Waals surface area contributed by atoms with Crippen molar-refractivity contribution in [3.8, 4) is 11.5 Å². The van der Waals surface area contributed by atoms with E-state index in [9.17, 15) is 18.8 Å². The van der Waals surface area contributed by atoms with Crippen LogP contribution in [0.4, 0.5) is 10.1 Å². The molecule has 1 heterocycles. The lowest BCUT2D eigenvalue weighted by molar-refractivity contribution is -0.122. The van der Waals surface area contributed by atoms with E-state index < -0.39 is 29.6 Å². The van der Waals surface area contributed by atoms with Crippen molar-refractivity contribution in [2.75, 3.05) is 25.7 Å². The molecular weight excluding hydrogens is 451 g/mol. The number of carbonyl (C=O) groups excluding carboxylic acids is 3. The lowest BCUT2D eigenvalue weighted by atomic mass is 10.1. The van der Waals surface area contributed by atoms with Crippen molar-refractivity contribution in [3.05, 3.63) is 89.7 Å². The standard InChI is InChI=1S/C27H25FN2O5/c1-34-22-10-6-18(7-11-22)14-15-29(26(32)19-4-3-5-20(28)16-19)24-17-25(31)30(27(24)33)21-8-12-23(35-2)13-9-21/h3-13,16,24H,14-15,17H2,1-2H3/t24-/m1/s1. The van der Waals surface area contributed by atoms with Crippen LogP contribution in [0.1, 0.15) is 22.3 Å². The van der Waals surface area contributed by atoms with Crippen LogP contribution in [0.25, 0.3) is 0 Å². The van der Waals surface area contributed by atoms with E-state index >= 15 is 0 Å². The molecule has 1 saturated heterocycles. The topological polar surface area (TPSA) is 76.2 Å². The van der Waals surface area contributed by atoms with Crippen LogP contribution in [0, 0.1) is 5.82 Å². The summed E-state index contributed by atoms with van der Waals surface area (Å²) in [5.74, 6) is -0.688. The zero-order valence-electron chi connectivity index (χ0n) is 19.4.